The van der Waals surface area contributed by atoms with E-state index in [1.807, 2.05) is 0 Å². The summed E-state index contributed by atoms with van der Waals surface area (Å²) in [4.78, 5) is 0. The average Bonchev–Trinajstić information content (AvgIpc) is 2.30. The second-order valence-corrected chi connectivity index (χ2v) is 3.51. The van der Waals surface area contributed by atoms with E-state index in [0.29, 0.717) is 5.75 Å². The molecule has 0 heterocycles. The van der Waals surface area contributed by atoms with Crippen molar-refractivity contribution in [3.8, 4) is 22.6 Å². The van der Waals surface area contributed by atoms with Crippen LogP contribution in [0.4, 0.5) is 8.78 Å². The summed E-state index contributed by atoms with van der Waals surface area (Å²) < 4.78 is 31.4. The van der Waals surface area contributed by atoms with Gasteiger partial charge < -0.3 is 9.84 Å². The van der Waals surface area contributed by atoms with Gasteiger partial charge in [-0.25, -0.2) is 8.78 Å². The fourth-order valence-corrected chi connectivity index (χ4v) is 1.57. The van der Waals surface area contributed by atoms with Gasteiger partial charge in [-0.2, -0.15) is 0 Å². The van der Waals surface area contributed by atoms with Crippen LogP contribution in [-0.2, 0) is 0 Å². The topological polar surface area (TPSA) is 29.5 Å². The molecule has 0 radical (unpaired) electrons. The highest BCUT2D eigenvalue weighted by Crippen LogP contribution is 2.33. The predicted molar refractivity (Wildman–Crippen MR) is 60.0 cm³/mol. The molecule has 0 fully saturated rings. The number of benzene rings is 2. The van der Waals surface area contributed by atoms with Gasteiger partial charge in [0.15, 0.2) is 0 Å². The van der Waals surface area contributed by atoms with Crippen LogP contribution in [0.25, 0.3) is 11.1 Å². The molecule has 0 unspecified atom stereocenters. The Labute approximate surface area is 97.1 Å². The van der Waals surface area contributed by atoms with Crippen molar-refractivity contribution in [2.75, 3.05) is 7.11 Å². The lowest BCUT2D eigenvalue weighted by Crippen LogP contribution is -1.89. The second kappa shape index (κ2) is 4.41. The lowest BCUT2D eigenvalue weighted by Gasteiger charge is -2.08. The summed E-state index contributed by atoms with van der Waals surface area (Å²) in [5.41, 5.74) is 0.393. The number of rotatable bonds is 2. The number of hydrogen-bond donors (Lipinski definition) is 1. The molecule has 2 nitrogen and oxygen atoms in total. The van der Waals surface area contributed by atoms with E-state index in [1.165, 1.54) is 31.4 Å². The third-order valence-electron chi connectivity index (χ3n) is 2.42. The molecule has 0 saturated heterocycles. The van der Waals surface area contributed by atoms with Gasteiger partial charge >= 0.3 is 0 Å². The Morgan fingerprint density at radius 2 is 1.76 bits per heavy atom. The van der Waals surface area contributed by atoms with Crippen LogP contribution < -0.4 is 4.74 Å². The maximum atomic E-state index is 13.6. The summed E-state index contributed by atoms with van der Waals surface area (Å²) in [5, 5.41) is 9.59. The van der Waals surface area contributed by atoms with Crippen molar-refractivity contribution in [3.05, 3.63) is 48.0 Å². The lowest BCUT2D eigenvalue weighted by molar-refractivity contribution is 0.414. The van der Waals surface area contributed by atoms with Crippen molar-refractivity contribution in [2.45, 2.75) is 0 Å². The zero-order valence-corrected chi connectivity index (χ0v) is 9.08. The molecule has 0 aliphatic rings. The van der Waals surface area contributed by atoms with Crippen molar-refractivity contribution in [1.82, 2.24) is 0 Å². The van der Waals surface area contributed by atoms with Crippen LogP contribution in [0.2, 0.25) is 0 Å². The van der Waals surface area contributed by atoms with Gasteiger partial charge in [-0.3, -0.25) is 0 Å². The minimum atomic E-state index is -0.574. The molecule has 0 spiro atoms. The van der Waals surface area contributed by atoms with Gasteiger partial charge in [0.05, 0.1) is 7.11 Å². The van der Waals surface area contributed by atoms with Crippen molar-refractivity contribution < 1.29 is 18.6 Å². The zero-order valence-electron chi connectivity index (χ0n) is 9.08. The first-order chi connectivity index (χ1) is 8.11. The van der Waals surface area contributed by atoms with Crippen molar-refractivity contribution in [2.24, 2.45) is 0 Å². The molecule has 0 amide bonds. The molecule has 1 N–H and O–H groups in total. The highest BCUT2D eigenvalue weighted by molar-refractivity contribution is 5.71. The standard InChI is InChI=1S/C13H10F2O2/c1-17-9-3-5-12(15)11(7-9)10-4-2-8(14)6-13(10)16/h2-7,16H,1H3. The molecule has 0 atom stereocenters. The van der Waals surface area contributed by atoms with E-state index in [4.69, 9.17) is 4.74 Å². The zero-order chi connectivity index (χ0) is 12.4. The molecule has 4 heteroatoms. The van der Waals surface area contributed by atoms with Crippen LogP contribution in [0.3, 0.4) is 0 Å². The summed E-state index contributed by atoms with van der Waals surface area (Å²) in [6.07, 6.45) is 0. The summed E-state index contributed by atoms with van der Waals surface area (Å²) >= 11 is 0. The van der Waals surface area contributed by atoms with E-state index < -0.39 is 11.6 Å². The van der Waals surface area contributed by atoms with E-state index >= 15 is 0 Å². The number of aromatic hydroxyl groups is 1. The maximum Gasteiger partial charge on any atom is 0.131 e. The number of ether oxygens (including phenoxy) is 1. The normalized spacial score (nSPS) is 10.3. The molecular weight excluding hydrogens is 226 g/mol. The van der Waals surface area contributed by atoms with Gasteiger partial charge in [-0.15, -0.1) is 0 Å². The van der Waals surface area contributed by atoms with Gasteiger partial charge in [0.2, 0.25) is 0 Å². The van der Waals surface area contributed by atoms with Gasteiger partial charge in [-0.05, 0) is 30.3 Å². The molecule has 0 aliphatic carbocycles. The van der Waals surface area contributed by atoms with Crippen LogP contribution in [0.1, 0.15) is 0 Å². The SMILES string of the molecule is COc1ccc(F)c(-c2ccc(F)cc2O)c1. The van der Waals surface area contributed by atoms with Crippen LogP contribution in [0.5, 0.6) is 11.5 Å². The third kappa shape index (κ3) is 2.20. The molecule has 0 aromatic heterocycles. The molecule has 0 bridgehead atoms. The Morgan fingerprint density at radius 3 is 2.41 bits per heavy atom. The van der Waals surface area contributed by atoms with E-state index in [2.05, 4.69) is 0 Å². The van der Waals surface area contributed by atoms with E-state index in [0.717, 1.165) is 12.1 Å². The molecule has 2 aromatic carbocycles. The highest BCUT2D eigenvalue weighted by atomic mass is 19.1. The first-order valence-electron chi connectivity index (χ1n) is 4.94. The van der Waals surface area contributed by atoms with Crippen molar-refractivity contribution >= 4 is 0 Å². The van der Waals surface area contributed by atoms with Gasteiger partial charge in [-0.1, -0.05) is 0 Å². The monoisotopic (exact) mass is 236 g/mol. The Kier molecular flexibility index (Phi) is 2.95. The highest BCUT2D eigenvalue weighted by Gasteiger charge is 2.11. The van der Waals surface area contributed by atoms with Gasteiger partial charge in [0.1, 0.15) is 23.1 Å². The smallest absolute Gasteiger partial charge is 0.131 e. The van der Waals surface area contributed by atoms with Crippen LogP contribution in [0, 0.1) is 11.6 Å². The minimum Gasteiger partial charge on any atom is -0.507 e. The number of halogens is 2. The average molecular weight is 236 g/mol. The Hall–Kier alpha value is -2.10. The molecule has 17 heavy (non-hydrogen) atoms. The Bertz CT molecular complexity index is 553. The van der Waals surface area contributed by atoms with Crippen LogP contribution in [0.15, 0.2) is 36.4 Å². The number of hydrogen-bond acceptors (Lipinski definition) is 2. The fourth-order valence-electron chi connectivity index (χ4n) is 1.57. The second-order valence-electron chi connectivity index (χ2n) is 3.51. The maximum absolute atomic E-state index is 13.6. The molecular formula is C13H10F2O2. The van der Waals surface area contributed by atoms with Crippen LogP contribution in [-0.4, -0.2) is 12.2 Å². The summed E-state index contributed by atoms with van der Waals surface area (Å²) in [6.45, 7) is 0. The first-order valence-corrected chi connectivity index (χ1v) is 4.94. The summed E-state index contributed by atoms with van der Waals surface area (Å²) in [6, 6.07) is 7.57. The number of methoxy groups -OCH3 is 1. The van der Waals surface area contributed by atoms with Gasteiger partial charge in [0, 0.05) is 17.2 Å². The summed E-state index contributed by atoms with van der Waals surface area (Å²) in [5.74, 6) is -0.926. The lowest BCUT2D eigenvalue weighted by atomic mass is 10.0. The van der Waals surface area contributed by atoms with Gasteiger partial charge in [0.25, 0.3) is 0 Å². The third-order valence-corrected chi connectivity index (χ3v) is 2.42. The van der Waals surface area contributed by atoms with Crippen molar-refractivity contribution in [3.63, 3.8) is 0 Å². The summed E-state index contributed by atoms with van der Waals surface area (Å²) in [7, 11) is 1.46. The Morgan fingerprint density at radius 1 is 1.00 bits per heavy atom. The van der Waals surface area contributed by atoms with E-state index in [-0.39, 0.29) is 16.9 Å². The minimum absolute atomic E-state index is 0.168. The molecule has 88 valence electrons. The predicted octanol–water partition coefficient (Wildman–Crippen LogP) is 3.35. The molecule has 2 aromatic rings. The molecule has 2 rings (SSSR count). The number of phenols is 1. The molecule has 0 aliphatic heterocycles. The Balaban J connectivity index is 2.59. The largest absolute Gasteiger partial charge is 0.507 e. The molecule has 0 saturated carbocycles. The van der Waals surface area contributed by atoms with Crippen LogP contribution >= 0.6 is 0 Å². The van der Waals surface area contributed by atoms with Crippen molar-refractivity contribution in [1.29, 1.82) is 0 Å². The first kappa shape index (κ1) is 11.4. The van der Waals surface area contributed by atoms with E-state index in [1.54, 1.807) is 0 Å². The number of phenolic OH excluding ortho intramolecular Hbond substituents is 1. The van der Waals surface area contributed by atoms with E-state index in [9.17, 15) is 13.9 Å². The fraction of sp³-hybridized carbons (Fsp3) is 0.0769. The quantitative estimate of drug-likeness (QED) is 0.866.